The Balaban J connectivity index is 1.74. The molecule has 0 unspecified atom stereocenters. The first-order valence-corrected chi connectivity index (χ1v) is 8.35. The SMILES string of the molecule is Cc1cccc(C)c1OC[C@H](O)Cn1cnc2cc(Cl)ccc2c1=O. The Labute approximate surface area is 150 Å². The maximum Gasteiger partial charge on any atom is 0.261 e. The van der Waals surface area contributed by atoms with Crippen molar-refractivity contribution in [3.63, 3.8) is 0 Å². The van der Waals surface area contributed by atoms with Crippen LogP contribution in [0, 0.1) is 13.8 Å². The molecule has 0 spiro atoms. The van der Waals surface area contributed by atoms with E-state index in [1.807, 2.05) is 32.0 Å². The van der Waals surface area contributed by atoms with Gasteiger partial charge in [0.1, 0.15) is 18.5 Å². The number of halogens is 1. The zero-order valence-corrected chi connectivity index (χ0v) is 14.8. The summed E-state index contributed by atoms with van der Waals surface area (Å²) in [6, 6.07) is 10.8. The standard InChI is InChI=1S/C19H19ClN2O3/c1-12-4-3-5-13(2)18(12)25-10-15(23)9-22-11-21-17-8-14(20)6-7-16(17)19(22)24/h3-8,11,15,23H,9-10H2,1-2H3/t15-/m1/s1. The molecule has 0 bridgehead atoms. The number of benzene rings is 2. The molecular weight excluding hydrogens is 340 g/mol. The van der Waals surface area contributed by atoms with Crippen LogP contribution in [0.25, 0.3) is 10.9 Å². The largest absolute Gasteiger partial charge is 0.490 e. The van der Waals surface area contributed by atoms with Crippen LogP contribution in [-0.4, -0.2) is 27.4 Å². The van der Waals surface area contributed by atoms with E-state index in [1.54, 1.807) is 18.2 Å². The molecule has 130 valence electrons. The Bertz CT molecular complexity index is 948. The van der Waals surface area contributed by atoms with Gasteiger partial charge in [0.25, 0.3) is 5.56 Å². The van der Waals surface area contributed by atoms with Crippen molar-refractivity contribution < 1.29 is 9.84 Å². The monoisotopic (exact) mass is 358 g/mol. The van der Waals surface area contributed by atoms with E-state index in [-0.39, 0.29) is 18.7 Å². The summed E-state index contributed by atoms with van der Waals surface area (Å²) in [5, 5.41) is 11.2. The summed E-state index contributed by atoms with van der Waals surface area (Å²) in [6.07, 6.45) is 0.590. The third-order valence-electron chi connectivity index (χ3n) is 4.02. The van der Waals surface area contributed by atoms with Gasteiger partial charge in [0, 0.05) is 5.02 Å². The first-order valence-electron chi connectivity index (χ1n) is 7.97. The summed E-state index contributed by atoms with van der Waals surface area (Å²) in [5.41, 5.74) is 2.34. The number of aromatic nitrogens is 2. The quantitative estimate of drug-likeness (QED) is 0.761. The van der Waals surface area contributed by atoms with Gasteiger partial charge in [0.05, 0.1) is 23.8 Å². The number of aliphatic hydroxyl groups is 1. The van der Waals surface area contributed by atoms with Crippen molar-refractivity contribution in [2.24, 2.45) is 0 Å². The van der Waals surface area contributed by atoms with Crippen LogP contribution in [0.2, 0.25) is 5.02 Å². The van der Waals surface area contributed by atoms with Crippen LogP contribution >= 0.6 is 11.6 Å². The lowest BCUT2D eigenvalue weighted by atomic mass is 10.1. The van der Waals surface area contributed by atoms with Crippen LogP contribution in [0.3, 0.4) is 0 Å². The molecule has 1 aromatic heterocycles. The van der Waals surface area contributed by atoms with Crippen molar-refractivity contribution in [1.29, 1.82) is 0 Å². The van der Waals surface area contributed by atoms with Crippen molar-refractivity contribution in [2.75, 3.05) is 6.61 Å². The Morgan fingerprint density at radius 1 is 1.24 bits per heavy atom. The van der Waals surface area contributed by atoms with Crippen LogP contribution in [0.15, 0.2) is 47.5 Å². The number of hydrogen-bond acceptors (Lipinski definition) is 4. The molecule has 0 saturated carbocycles. The highest BCUT2D eigenvalue weighted by Gasteiger charge is 2.12. The molecule has 0 amide bonds. The van der Waals surface area contributed by atoms with Crippen molar-refractivity contribution in [1.82, 2.24) is 9.55 Å². The highest BCUT2D eigenvalue weighted by Crippen LogP contribution is 2.22. The second kappa shape index (κ2) is 7.25. The van der Waals surface area contributed by atoms with Gasteiger partial charge in [0.15, 0.2) is 0 Å². The zero-order chi connectivity index (χ0) is 18.0. The molecule has 6 heteroatoms. The lowest BCUT2D eigenvalue weighted by molar-refractivity contribution is 0.0908. The molecule has 3 aromatic rings. The van der Waals surface area contributed by atoms with Gasteiger partial charge in [-0.2, -0.15) is 0 Å². The normalized spacial score (nSPS) is 12.3. The lowest BCUT2D eigenvalue weighted by Gasteiger charge is -2.16. The zero-order valence-electron chi connectivity index (χ0n) is 14.1. The first kappa shape index (κ1) is 17.5. The highest BCUT2D eigenvalue weighted by atomic mass is 35.5. The number of hydrogen-bond donors (Lipinski definition) is 1. The van der Waals surface area contributed by atoms with Gasteiger partial charge in [0.2, 0.25) is 0 Å². The maximum atomic E-state index is 12.5. The first-order chi connectivity index (χ1) is 12.0. The second-order valence-corrected chi connectivity index (χ2v) is 6.49. The number of ether oxygens (including phenoxy) is 1. The van der Waals surface area contributed by atoms with Crippen LogP contribution in [0.1, 0.15) is 11.1 Å². The lowest BCUT2D eigenvalue weighted by Crippen LogP contribution is -2.30. The van der Waals surface area contributed by atoms with Gasteiger partial charge in [-0.05, 0) is 43.2 Å². The number of fused-ring (bicyclic) bond motifs is 1. The second-order valence-electron chi connectivity index (χ2n) is 6.05. The number of para-hydroxylation sites is 1. The summed E-state index contributed by atoms with van der Waals surface area (Å²) in [6.45, 7) is 4.11. The Hall–Kier alpha value is -2.37. The summed E-state index contributed by atoms with van der Waals surface area (Å²) in [4.78, 5) is 16.7. The molecule has 0 aliphatic carbocycles. The predicted octanol–water partition coefficient (Wildman–Crippen LogP) is 3.11. The molecule has 1 heterocycles. The topological polar surface area (TPSA) is 64.3 Å². The third kappa shape index (κ3) is 3.83. The van der Waals surface area contributed by atoms with Crippen molar-refractivity contribution in [3.05, 3.63) is 69.2 Å². The number of aliphatic hydroxyl groups excluding tert-OH is 1. The van der Waals surface area contributed by atoms with Gasteiger partial charge in [-0.15, -0.1) is 0 Å². The number of nitrogens with zero attached hydrogens (tertiary/aromatic N) is 2. The number of aryl methyl sites for hydroxylation is 2. The Morgan fingerprint density at radius 3 is 2.68 bits per heavy atom. The van der Waals surface area contributed by atoms with Crippen LogP contribution in [-0.2, 0) is 6.54 Å². The molecule has 2 aromatic carbocycles. The fraction of sp³-hybridized carbons (Fsp3) is 0.263. The fourth-order valence-corrected chi connectivity index (χ4v) is 2.91. The van der Waals surface area contributed by atoms with Gasteiger partial charge >= 0.3 is 0 Å². The summed E-state index contributed by atoms with van der Waals surface area (Å²) >= 11 is 5.91. The average Bonchev–Trinajstić information content (AvgIpc) is 2.57. The molecule has 0 aliphatic rings. The van der Waals surface area contributed by atoms with Crippen molar-refractivity contribution >= 4 is 22.5 Å². The van der Waals surface area contributed by atoms with E-state index in [9.17, 15) is 9.90 Å². The third-order valence-corrected chi connectivity index (χ3v) is 4.26. The molecular formula is C19H19ClN2O3. The molecule has 0 radical (unpaired) electrons. The van der Waals surface area contributed by atoms with E-state index in [0.29, 0.717) is 15.9 Å². The minimum absolute atomic E-state index is 0.0940. The fourth-order valence-electron chi connectivity index (χ4n) is 2.75. The molecule has 0 fully saturated rings. The smallest absolute Gasteiger partial charge is 0.261 e. The minimum atomic E-state index is -0.830. The molecule has 3 rings (SSSR count). The molecule has 25 heavy (non-hydrogen) atoms. The molecule has 1 atom stereocenters. The van der Waals surface area contributed by atoms with E-state index in [2.05, 4.69) is 4.98 Å². The van der Waals surface area contributed by atoms with Crippen LogP contribution in [0.5, 0.6) is 5.75 Å². The van der Waals surface area contributed by atoms with Gasteiger partial charge in [-0.3, -0.25) is 9.36 Å². The Morgan fingerprint density at radius 2 is 1.96 bits per heavy atom. The van der Waals surface area contributed by atoms with Crippen LogP contribution in [0.4, 0.5) is 0 Å². The van der Waals surface area contributed by atoms with Gasteiger partial charge in [-0.1, -0.05) is 29.8 Å². The maximum absolute atomic E-state index is 12.5. The molecule has 5 nitrogen and oxygen atoms in total. The number of rotatable bonds is 5. The summed E-state index contributed by atoms with van der Waals surface area (Å²) in [7, 11) is 0. The van der Waals surface area contributed by atoms with E-state index in [1.165, 1.54) is 10.9 Å². The minimum Gasteiger partial charge on any atom is -0.490 e. The van der Waals surface area contributed by atoms with Crippen molar-refractivity contribution in [2.45, 2.75) is 26.5 Å². The van der Waals surface area contributed by atoms with E-state index < -0.39 is 6.10 Å². The van der Waals surface area contributed by atoms with Crippen LogP contribution < -0.4 is 10.3 Å². The predicted molar refractivity (Wildman–Crippen MR) is 98.4 cm³/mol. The van der Waals surface area contributed by atoms with E-state index in [4.69, 9.17) is 16.3 Å². The summed E-state index contributed by atoms with van der Waals surface area (Å²) < 4.78 is 7.13. The summed E-state index contributed by atoms with van der Waals surface area (Å²) in [5.74, 6) is 0.764. The highest BCUT2D eigenvalue weighted by molar-refractivity contribution is 6.31. The van der Waals surface area contributed by atoms with E-state index in [0.717, 1.165) is 16.9 Å². The van der Waals surface area contributed by atoms with Crippen molar-refractivity contribution in [3.8, 4) is 5.75 Å². The molecule has 0 saturated heterocycles. The van der Waals surface area contributed by atoms with E-state index >= 15 is 0 Å². The molecule has 1 N–H and O–H groups in total. The Kier molecular flexibility index (Phi) is 5.06. The van der Waals surface area contributed by atoms with Gasteiger partial charge < -0.3 is 9.84 Å². The molecule has 0 aliphatic heterocycles. The average molecular weight is 359 g/mol. The van der Waals surface area contributed by atoms with Gasteiger partial charge in [-0.25, -0.2) is 4.98 Å².